The van der Waals surface area contributed by atoms with Gasteiger partial charge in [-0.3, -0.25) is 9.59 Å². The third-order valence-electron chi connectivity index (χ3n) is 4.21. The molecule has 1 saturated heterocycles. The number of rotatable bonds is 5. The van der Waals surface area contributed by atoms with Crippen LogP contribution in [0.2, 0.25) is 0 Å². The minimum Gasteiger partial charge on any atom is -0.342 e. The van der Waals surface area contributed by atoms with E-state index in [-0.39, 0.29) is 23.9 Å². The number of piperazine rings is 1. The van der Waals surface area contributed by atoms with Crippen molar-refractivity contribution in [2.24, 2.45) is 11.8 Å². The molecular formula is C16H22N2O2S. The lowest BCUT2D eigenvalue weighted by Crippen LogP contribution is -2.63. The van der Waals surface area contributed by atoms with E-state index in [1.165, 1.54) is 0 Å². The monoisotopic (exact) mass is 306 g/mol. The quantitative estimate of drug-likeness (QED) is 0.908. The van der Waals surface area contributed by atoms with Crippen LogP contribution in [0.3, 0.4) is 0 Å². The van der Waals surface area contributed by atoms with Crippen molar-refractivity contribution in [3.05, 3.63) is 22.4 Å². The molecular weight excluding hydrogens is 284 g/mol. The highest BCUT2D eigenvalue weighted by molar-refractivity contribution is 7.07. The maximum absolute atomic E-state index is 12.8. The highest BCUT2D eigenvalue weighted by atomic mass is 32.1. The number of carbonyl (C=O) groups is 2. The van der Waals surface area contributed by atoms with Gasteiger partial charge in [0.25, 0.3) is 0 Å². The zero-order valence-corrected chi connectivity index (χ0v) is 13.4. The molecule has 1 aromatic rings. The Hall–Kier alpha value is -1.36. The maximum Gasteiger partial charge on any atom is 0.246 e. The van der Waals surface area contributed by atoms with Gasteiger partial charge in [0.2, 0.25) is 11.8 Å². The summed E-state index contributed by atoms with van der Waals surface area (Å²) in [5.74, 6) is 0.872. The van der Waals surface area contributed by atoms with Gasteiger partial charge >= 0.3 is 0 Å². The molecule has 114 valence electrons. The Balaban J connectivity index is 1.81. The predicted octanol–water partition coefficient (Wildman–Crippen LogP) is 2.40. The lowest BCUT2D eigenvalue weighted by atomic mass is 9.96. The van der Waals surface area contributed by atoms with Gasteiger partial charge in [0, 0.05) is 6.54 Å². The van der Waals surface area contributed by atoms with Crippen LogP contribution in [0.25, 0.3) is 0 Å². The highest BCUT2D eigenvalue weighted by Gasteiger charge is 2.47. The Morgan fingerprint density at radius 1 is 1.38 bits per heavy atom. The first kappa shape index (κ1) is 14.6. The Labute approximate surface area is 129 Å². The smallest absolute Gasteiger partial charge is 0.246 e. The van der Waals surface area contributed by atoms with Crippen molar-refractivity contribution in [1.82, 2.24) is 10.2 Å². The summed E-state index contributed by atoms with van der Waals surface area (Å²) < 4.78 is 0. The molecule has 4 nitrogen and oxygen atoms in total. The lowest BCUT2D eigenvalue weighted by molar-refractivity contribution is -0.151. The molecule has 2 amide bonds. The molecule has 2 unspecified atom stereocenters. The van der Waals surface area contributed by atoms with Gasteiger partial charge in [-0.1, -0.05) is 13.8 Å². The first-order valence-corrected chi connectivity index (χ1v) is 8.62. The van der Waals surface area contributed by atoms with Gasteiger partial charge < -0.3 is 10.2 Å². The van der Waals surface area contributed by atoms with Crippen molar-refractivity contribution in [2.45, 2.75) is 51.7 Å². The van der Waals surface area contributed by atoms with Crippen LogP contribution < -0.4 is 5.32 Å². The first-order chi connectivity index (χ1) is 10.1. The molecule has 1 aromatic heterocycles. The molecule has 0 radical (unpaired) electrons. The largest absolute Gasteiger partial charge is 0.342 e. The van der Waals surface area contributed by atoms with E-state index >= 15 is 0 Å². The zero-order valence-electron chi connectivity index (χ0n) is 12.5. The van der Waals surface area contributed by atoms with Crippen molar-refractivity contribution < 1.29 is 9.59 Å². The van der Waals surface area contributed by atoms with Gasteiger partial charge in [0.15, 0.2) is 0 Å². The van der Waals surface area contributed by atoms with Crippen LogP contribution >= 0.6 is 11.3 Å². The van der Waals surface area contributed by atoms with Crippen LogP contribution in [0, 0.1) is 11.8 Å². The standard InChI is InChI=1S/C16H22N2O2S/c1-10(2)7-13-16(20)18(8-11-5-6-21-9-11)14(12-3-4-12)15(19)17-13/h5-6,9-10,12-14H,3-4,7-8H2,1-2H3,(H,17,19). The van der Waals surface area contributed by atoms with E-state index in [4.69, 9.17) is 0 Å². The van der Waals surface area contributed by atoms with Crippen LogP contribution in [-0.4, -0.2) is 28.8 Å². The Morgan fingerprint density at radius 3 is 2.71 bits per heavy atom. The van der Waals surface area contributed by atoms with Crippen molar-refractivity contribution in [1.29, 1.82) is 0 Å². The van der Waals surface area contributed by atoms with Gasteiger partial charge in [-0.25, -0.2) is 0 Å². The molecule has 2 aliphatic rings. The van der Waals surface area contributed by atoms with E-state index in [1.54, 1.807) is 11.3 Å². The highest BCUT2D eigenvalue weighted by Crippen LogP contribution is 2.38. The fraction of sp³-hybridized carbons (Fsp3) is 0.625. The minimum atomic E-state index is -0.355. The van der Waals surface area contributed by atoms with E-state index in [2.05, 4.69) is 24.5 Å². The van der Waals surface area contributed by atoms with E-state index in [0.29, 0.717) is 24.8 Å². The van der Waals surface area contributed by atoms with E-state index < -0.39 is 0 Å². The number of thiophene rings is 1. The first-order valence-electron chi connectivity index (χ1n) is 7.68. The fourth-order valence-corrected chi connectivity index (χ4v) is 3.72. The fourth-order valence-electron chi connectivity index (χ4n) is 3.06. The SMILES string of the molecule is CC(C)CC1NC(=O)C(C2CC2)N(Cc2ccsc2)C1=O. The van der Waals surface area contributed by atoms with Crippen LogP contribution in [0.4, 0.5) is 0 Å². The summed E-state index contributed by atoms with van der Waals surface area (Å²) in [6.07, 6.45) is 2.82. The molecule has 21 heavy (non-hydrogen) atoms. The number of nitrogens with zero attached hydrogens (tertiary/aromatic N) is 1. The molecule has 5 heteroatoms. The van der Waals surface area contributed by atoms with Gasteiger partial charge in [-0.15, -0.1) is 0 Å². The summed E-state index contributed by atoms with van der Waals surface area (Å²) in [5.41, 5.74) is 1.12. The van der Waals surface area contributed by atoms with Crippen LogP contribution in [0.5, 0.6) is 0 Å². The van der Waals surface area contributed by atoms with E-state index in [9.17, 15) is 9.59 Å². The number of hydrogen-bond acceptors (Lipinski definition) is 3. The third-order valence-corrected chi connectivity index (χ3v) is 4.94. The molecule has 2 atom stereocenters. The molecule has 0 spiro atoms. The summed E-state index contributed by atoms with van der Waals surface area (Å²) in [7, 11) is 0. The number of carbonyl (C=O) groups excluding carboxylic acids is 2. The normalized spacial score (nSPS) is 26.3. The summed E-state index contributed by atoms with van der Waals surface area (Å²) >= 11 is 1.63. The zero-order chi connectivity index (χ0) is 15.0. The minimum absolute atomic E-state index is 0.0398. The maximum atomic E-state index is 12.8. The average molecular weight is 306 g/mol. The Morgan fingerprint density at radius 2 is 2.14 bits per heavy atom. The second-order valence-corrected chi connectivity index (χ2v) is 7.35. The van der Waals surface area contributed by atoms with Gasteiger partial charge in [0.05, 0.1) is 0 Å². The molecule has 0 bridgehead atoms. The topological polar surface area (TPSA) is 49.4 Å². The van der Waals surface area contributed by atoms with E-state index in [0.717, 1.165) is 18.4 Å². The summed E-state index contributed by atoms with van der Waals surface area (Å²) in [5, 5.41) is 7.02. The number of nitrogens with one attached hydrogen (secondary N) is 1. The summed E-state index contributed by atoms with van der Waals surface area (Å²) in [6, 6.07) is 1.42. The van der Waals surface area contributed by atoms with Gasteiger partial charge in [0.1, 0.15) is 12.1 Å². The van der Waals surface area contributed by atoms with E-state index in [1.807, 2.05) is 16.3 Å². The lowest BCUT2D eigenvalue weighted by Gasteiger charge is -2.39. The molecule has 2 heterocycles. The third kappa shape index (κ3) is 3.12. The van der Waals surface area contributed by atoms with Crippen LogP contribution in [0.1, 0.15) is 38.7 Å². The molecule has 3 rings (SSSR count). The molecule has 2 fully saturated rings. The molecule has 1 saturated carbocycles. The van der Waals surface area contributed by atoms with Crippen molar-refractivity contribution >= 4 is 23.2 Å². The molecule has 0 aromatic carbocycles. The number of amides is 2. The second-order valence-electron chi connectivity index (χ2n) is 6.57. The summed E-state index contributed by atoms with van der Waals surface area (Å²) in [6.45, 7) is 4.72. The predicted molar refractivity (Wildman–Crippen MR) is 82.8 cm³/mol. The Kier molecular flexibility index (Phi) is 4.02. The van der Waals surface area contributed by atoms with Gasteiger partial charge in [-0.05, 0) is 53.5 Å². The van der Waals surface area contributed by atoms with Crippen LogP contribution in [-0.2, 0) is 16.1 Å². The van der Waals surface area contributed by atoms with Crippen molar-refractivity contribution in [2.75, 3.05) is 0 Å². The molecule has 1 N–H and O–H groups in total. The summed E-state index contributed by atoms with van der Waals surface area (Å²) in [4.78, 5) is 27.1. The number of hydrogen-bond donors (Lipinski definition) is 1. The second kappa shape index (κ2) is 5.79. The van der Waals surface area contributed by atoms with Gasteiger partial charge in [-0.2, -0.15) is 11.3 Å². The molecule has 1 aliphatic heterocycles. The van der Waals surface area contributed by atoms with Crippen LogP contribution in [0.15, 0.2) is 16.8 Å². The average Bonchev–Trinajstić information content (AvgIpc) is 3.11. The Bertz CT molecular complexity index is 522. The van der Waals surface area contributed by atoms with Crippen molar-refractivity contribution in [3.63, 3.8) is 0 Å². The molecule has 1 aliphatic carbocycles. The van der Waals surface area contributed by atoms with Crippen molar-refractivity contribution in [3.8, 4) is 0 Å².